The summed E-state index contributed by atoms with van der Waals surface area (Å²) in [7, 11) is 0. The van der Waals surface area contributed by atoms with Crippen LogP contribution in [0.2, 0.25) is 15.1 Å². The summed E-state index contributed by atoms with van der Waals surface area (Å²) in [6, 6.07) is 25.4. The minimum atomic E-state index is -0.672. The predicted octanol–water partition coefficient (Wildman–Crippen LogP) is 10.2. The number of ether oxygens (including phenoxy) is 2. The van der Waals surface area contributed by atoms with Crippen molar-refractivity contribution in [2.75, 3.05) is 17.2 Å². The van der Waals surface area contributed by atoms with Crippen molar-refractivity contribution in [1.82, 2.24) is 14.8 Å². The Balaban J connectivity index is 1.39. The molecule has 48 heavy (non-hydrogen) atoms. The number of amides is 1. The molecule has 1 aliphatic rings. The van der Waals surface area contributed by atoms with Crippen molar-refractivity contribution in [3.8, 4) is 11.5 Å². The second kappa shape index (κ2) is 15.3. The molecule has 6 rings (SSSR count). The van der Waals surface area contributed by atoms with Crippen molar-refractivity contribution in [2.24, 2.45) is 0 Å². The first-order valence-electron chi connectivity index (χ1n) is 14.9. The van der Waals surface area contributed by atoms with Crippen molar-refractivity contribution in [3.05, 3.63) is 132 Å². The lowest BCUT2D eigenvalue weighted by atomic mass is 9.94. The molecule has 1 unspecified atom stereocenters. The second-order valence-corrected chi connectivity index (χ2v) is 13.7. The van der Waals surface area contributed by atoms with Crippen LogP contribution < -0.4 is 20.1 Å². The standard InChI is InChI=1S/C35H29BrCl3N5O3S/c1-3-46-29-17-22(16-25(36)32(29)47-18-24-27(38)14-9-15-28(24)39)31-30(33(45)41-23-11-5-4-6-12-23)20(2)40-34-42-35(43-44(31)34)48-19-21-10-7-8-13-26(21)37/h4-17,31H,3,18-19H2,1-2H3,(H,41,45)(H,40,42,43). The van der Waals surface area contributed by atoms with E-state index in [2.05, 4.69) is 26.6 Å². The molecule has 2 heterocycles. The number of rotatable bonds is 11. The SMILES string of the molecule is CCOc1cc(C2C(C(=O)Nc3ccccc3)=C(C)Nc3nc(SCc4ccccc4Cl)nn32)cc(Br)c1OCc1c(Cl)cccc1Cl. The number of carbonyl (C=O) groups excluding carboxylic acids is 1. The van der Waals surface area contributed by atoms with Gasteiger partial charge in [-0.3, -0.25) is 4.79 Å². The van der Waals surface area contributed by atoms with E-state index in [0.29, 0.717) is 77.0 Å². The predicted molar refractivity (Wildman–Crippen MR) is 197 cm³/mol. The van der Waals surface area contributed by atoms with Gasteiger partial charge >= 0.3 is 0 Å². The van der Waals surface area contributed by atoms with Crippen LogP contribution in [0.25, 0.3) is 0 Å². The molecule has 1 aromatic heterocycles. The number of aromatic nitrogens is 3. The number of para-hydroxylation sites is 1. The Bertz CT molecular complexity index is 1990. The van der Waals surface area contributed by atoms with Crippen LogP contribution in [0, 0.1) is 0 Å². The van der Waals surface area contributed by atoms with Gasteiger partial charge in [0.2, 0.25) is 11.1 Å². The summed E-state index contributed by atoms with van der Waals surface area (Å²) in [4.78, 5) is 18.8. The summed E-state index contributed by atoms with van der Waals surface area (Å²) in [6.07, 6.45) is 0. The number of benzene rings is 4. The molecule has 0 aliphatic carbocycles. The average molecular weight is 786 g/mol. The zero-order valence-electron chi connectivity index (χ0n) is 25.8. The van der Waals surface area contributed by atoms with Gasteiger partial charge in [-0.05, 0) is 83.4 Å². The first-order chi connectivity index (χ1) is 23.2. The topological polar surface area (TPSA) is 90.3 Å². The molecular weight excluding hydrogens is 757 g/mol. The highest BCUT2D eigenvalue weighted by molar-refractivity contribution is 9.10. The molecule has 1 atom stereocenters. The Labute approximate surface area is 305 Å². The molecule has 0 spiro atoms. The van der Waals surface area contributed by atoms with Crippen molar-refractivity contribution < 1.29 is 14.3 Å². The zero-order chi connectivity index (χ0) is 33.8. The highest BCUT2D eigenvalue weighted by Gasteiger charge is 2.35. The molecule has 0 radical (unpaired) electrons. The Morgan fingerprint density at radius 2 is 1.69 bits per heavy atom. The van der Waals surface area contributed by atoms with Gasteiger partial charge < -0.3 is 20.1 Å². The summed E-state index contributed by atoms with van der Waals surface area (Å²) >= 11 is 24.4. The van der Waals surface area contributed by atoms with E-state index in [1.165, 1.54) is 11.8 Å². The molecule has 5 aromatic rings. The van der Waals surface area contributed by atoms with E-state index < -0.39 is 6.04 Å². The monoisotopic (exact) mass is 783 g/mol. The van der Waals surface area contributed by atoms with Gasteiger partial charge in [0, 0.05) is 37.8 Å². The van der Waals surface area contributed by atoms with E-state index in [1.807, 2.05) is 80.6 Å². The highest BCUT2D eigenvalue weighted by atomic mass is 79.9. The van der Waals surface area contributed by atoms with Crippen LogP contribution in [-0.4, -0.2) is 27.3 Å². The molecular formula is C35H29BrCl3N5O3S. The van der Waals surface area contributed by atoms with Crippen LogP contribution in [0.5, 0.6) is 11.5 Å². The fraction of sp³-hybridized carbons (Fsp3) is 0.171. The van der Waals surface area contributed by atoms with Gasteiger partial charge in [-0.2, -0.15) is 4.98 Å². The molecule has 0 saturated carbocycles. The Morgan fingerprint density at radius 3 is 2.42 bits per heavy atom. The molecule has 4 aromatic carbocycles. The van der Waals surface area contributed by atoms with E-state index in [-0.39, 0.29) is 12.5 Å². The summed E-state index contributed by atoms with van der Waals surface area (Å²) in [5.74, 6) is 1.72. The lowest BCUT2D eigenvalue weighted by molar-refractivity contribution is -0.113. The lowest BCUT2D eigenvalue weighted by Gasteiger charge is -2.29. The van der Waals surface area contributed by atoms with Crippen molar-refractivity contribution in [3.63, 3.8) is 0 Å². The third-order valence-corrected chi connectivity index (χ3v) is 10.0. The van der Waals surface area contributed by atoms with Crippen LogP contribution in [0.15, 0.2) is 106 Å². The number of halogens is 4. The number of hydrogen-bond acceptors (Lipinski definition) is 7. The second-order valence-electron chi connectivity index (χ2n) is 10.7. The normalized spacial score (nSPS) is 13.9. The number of fused-ring (bicyclic) bond motifs is 1. The quantitative estimate of drug-likeness (QED) is 0.129. The molecule has 1 aliphatic heterocycles. The van der Waals surface area contributed by atoms with Gasteiger partial charge in [0.05, 0.1) is 16.7 Å². The van der Waals surface area contributed by atoms with Crippen LogP contribution in [0.4, 0.5) is 11.6 Å². The van der Waals surface area contributed by atoms with E-state index in [1.54, 1.807) is 22.9 Å². The van der Waals surface area contributed by atoms with Gasteiger partial charge in [-0.1, -0.05) is 89.0 Å². The lowest BCUT2D eigenvalue weighted by Crippen LogP contribution is -2.31. The molecule has 246 valence electrons. The third kappa shape index (κ3) is 7.48. The van der Waals surface area contributed by atoms with Crippen molar-refractivity contribution in [1.29, 1.82) is 0 Å². The largest absolute Gasteiger partial charge is 0.490 e. The van der Waals surface area contributed by atoms with Crippen LogP contribution in [-0.2, 0) is 17.2 Å². The fourth-order valence-corrected chi connectivity index (χ4v) is 7.43. The molecule has 2 N–H and O–H groups in total. The van der Waals surface area contributed by atoms with Crippen molar-refractivity contribution >= 4 is 80.0 Å². The van der Waals surface area contributed by atoms with E-state index >= 15 is 0 Å². The first kappa shape index (κ1) is 34.2. The smallest absolute Gasteiger partial charge is 0.255 e. The summed E-state index contributed by atoms with van der Waals surface area (Å²) in [5.41, 5.74) is 4.12. The Kier molecular flexibility index (Phi) is 10.9. The first-order valence-corrected chi connectivity index (χ1v) is 17.8. The van der Waals surface area contributed by atoms with Gasteiger partial charge in [-0.15, -0.1) is 5.10 Å². The van der Waals surface area contributed by atoms with E-state index in [9.17, 15) is 4.79 Å². The maximum atomic E-state index is 14.0. The van der Waals surface area contributed by atoms with Crippen LogP contribution in [0.1, 0.15) is 36.6 Å². The molecule has 0 saturated heterocycles. The Morgan fingerprint density at radius 1 is 0.979 bits per heavy atom. The van der Waals surface area contributed by atoms with Crippen LogP contribution >= 0.6 is 62.5 Å². The Hall–Kier alpha value is -3.67. The number of hydrogen-bond donors (Lipinski definition) is 2. The van der Waals surface area contributed by atoms with Gasteiger partial charge in [0.15, 0.2) is 11.5 Å². The minimum absolute atomic E-state index is 0.118. The molecule has 0 fully saturated rings. The molecule has 13 heteroatoms. The highest BCUT2D eigenvalue weighted by Crippen LogP contribution is 2.44. The van der Waals surface area contributed by atoms with Gasteiger partial charge in [0.25, 0.3) is 5.91 Å². The molecule has 8 nitrogen and oxygen atoms in total. The maximum Gasteiger partial charge on any atom is 0.255 e. The minimum Gasteiger partial charge on any atom is -0.490 e. The molecule has 1 amide bonds. The van der Waals surface area contributed by atoms with Gasteiger partial charge in [-0.25, -0.2) is 4.68 Å². The van der Waals surface area contributed by atoms with E-state index in [4.69, 9.17) is 54.4 Å². The van der Waals surface area contributed by atoms with Crippen molar-refractivity contribution in [2.45, 2.75) is 37.4 Å². The number of carbonyl (C=O) groups is 1. The van der Waals surface area contributed by atoms with E-state index in [0.717, 1.165) is 11.1 Å². The number of allylic oxidation sites excluding steroid dienone is 1. The number of anilines is 2. The summed E-state index contributed by atoms with van der Waals surface area (Å²) < 4.78 is 14.7. The number of nitrogens with zero attached hydrogens (tertiary/aromatic N) is 3. The fourth-order valence-electron chi connectivity index (χ4n) is 5.24. The maximum absolute atomic E-state index is 14.0. The summed E-state index contributed by atoms with van der Waals surface area (Å²) in [6.45, 7) is 4.23. The molecule has 0 bridgehead atoms. The zero-order valence-corrected chi connectivity index (χ0v) is 30.4. The van der Waals surface area contributed by atoms with Crippen LogP contribution in [0.3, 0.4) is 0 Å². The number of thioether (sulfide) groups is 1. The average Bonchev–Trinajstić information content (AvgIpc) is 3.47. The third-order valence-electron chi connectivity index (χ3n) is 7.49. The summed E-state index contributed by atoms with van der Waals surface area (Å²) in [5, 5.41) is 13.4. The van der Waals surface area contributed by atoms with Gasteiger partial charge in [0.1, 0.15) is 12.6 Å². The number of nitrogens with one attached hydrogen (secondary N) is 2.